The molecule has 3 aliphatic rings. The lowest BCUT2D eigenvalue weighted by Crippen LogP contribution is -2.37. The van der Waals surface area contributed by atoms with Crippen molar-refractivity contribution in [3.05, 3.63) is 18.0 Å². The third-order valence-electron chi connectivity index (χ3n) is 4.95. The summed E-state index contributed by atoms with van der Waals surface area (Å²) < 4.78 is 0. The molecule has 21 heavy (non-hydrogen) atoms. The van der Waals surface area contributed by atoms with Crippen LogP contribution >= 0.6 is 0 Å². The van der Waals surface area contributed by atoms with E-state index < -0.39 is 0 Å². The van der Waals surface area contributed by atoms with Gasteiger partial charge in [-0.05, 0) is 38.6 Å². The van der Waals surface area contributed by atoms with Gasteiger partial charge in [-0.25, -0.2) is 9.97 Å². The van der Waals surface area contributed by atoms with Gasteiger partial charge < -0.3 is 10.2 Å². The molecular formula is C16H25N5. The zero-order valence-electron chi connectivity index (χ0n) is 12.7. The molecule has 0 radical (unpaired) electrons. The van der Waals surface area contributed by atoms with Gasteiger partial charge in [0.2, 0.25) is 5.95 Å². The van der Waals surface area contributed by atoms with Gasteiger partial charge in [0, 0.05) is 56.2 Å². The van der Waals surface area contributed by atoms with E-state index in [0.717, 1.165) is 31.6 Å². The lowest BCUT2D eigenvalue weighted by atomic mass is 10.2. The minimum Gasteiger partial charge on any atom is -0.339 e. The first-order chi connectivity index (χ1) is 10.4. The van der Waals surface area contributed by atoms with Crippen molar-refractivity contribution in [2.24, 2.45) is 0 Å². The second-order valence-corrected chi connectivity index (χ2v) is 6.68. The van der Waals surface area contributed by atoms with E-state index in [1.807, 2.05) is 12.4 Å². The van der Waals surface area contributed by atoms with Gasteiger partial charge in [-0.15, -0.1) is 0 Å². The van der Waals surface area contributed by atoms with Crippen molar-refractivity contribution in [1.29, 1.82) is 0 Å². The third kappa shape index (κ3) is 3.19. The Morgan fingerprint density at radius 1 is 1.05 bits per heavy atom. The van der Waals surface area contributed by atoms with Crippen LogP contribution in [0.5, 0.6) is 0 Å². The Morgan fingerprint density at radius 2 is 1.86 bits per heavy atom. The average molecular weight is 287 g/mol. The Labute approximate surface area is 126 Å². The predicted octanol–water partition coefficient (Wildman–Crippen LogP) is 1.40. The molecule has 0 bridgehead atoms. The first-order valence-electron chi connectivity index (χ1n) is 8.42. The zero-order valence-corrected chi connectivity index (χ0v) is 12.7. The Balaban J connectivity index is 1.39. The van der Waals surface area contributed by atoms with Crippen molar-refractivity contribution in [1.82, 2.24) is 20.2 Å². The average Bonchev–Trinajstić information content (AvgIpc) is 3.29. The minimum atomic E-state index is 0.715. The third-order valence-corrected chi connectivity index (χ3v) is 4.95. The molecule has 4 rings (SSSR count). The first kappa shape index (κ1) is 13.5. The SMILES string of the molecule is c1nc(N2CCCN3CCCC3C2)ncc1CNC1CC1. The summed E-state index contributed by atoms with van der Waals surface area (Å²) in [6.07, 6.45) is 10.6. The maximum absolute atomic E-state index is 4.61. The van der Waals surface area contributed by atoms with Crippen molar-refractivity contribution >= 4 is 5.95 Å². The van der Waals surface area contributed by atoms with Gasteiger partial charge in [-0.2, -0.15) is 0 Å². The standard InChI is InChI=1S/C16H25N5/c1-3-15-12-21(8-2-7-20(15)6-1)16-18-10-13(11-19-16)9-17-14-4-5-14/h10-11,14-15,17H,1-9,12H2. The van der Waals surface area contributed by atoms with E-state index in [2.05, 4.69) is 25.1 Å². The summed E-state index contributed by atoms with van der Waals surface area (Å²) >= 11 is 0. The fourth-order valence-corrected chi connectivity index (χ4v) is 3.54. The molecule has 0 spiro atoms. The molecule has 1 atom stereocenters. The lowest BCUT2D eigenvalue weighted by molar-refractivity contribution is 0.273. The second-order valence-electron chi connectivity index (χ2n) is 6.68. The van der Waals surface area contributed by atoms with Crippen LogP contribution in [0.25, 0.3) is 0 Å². The number of fused-ring (bicyclic) bond motifs is 1. The van der Waals surface area contributed by atoms with Crippen molar-refractivity contribution in [2.75, 3.05) is 31.1 Å². The van der Waals surface area contributed by atoms with Crippen LogP contribution in [0.1, 0.15) is 37.7 Å². The van der Waals surface area contributed by atoms with E-state index >= 15 is 0 Å². The monoisotopic (exact) mass is 287 g/mol. The molecule has 1 aromatic rings. The maximum atomic E-state index is 4.61. The van der Waals surface area contributed by atoms with E-state index in [4.69, 9.17) is 0 Å². The first-order valence-corrected chi connectivity index (χ1v) is 8.42. The number of nitrogens with zero attached hydrogens (tertiary/aromatic N) is 4. The molecule has 1 unspecified atom stereocenters. The Morgan fingerprint density at radius 3 is 2.67 bits per heavy atom. The Bertz CT molecular complexity index is 470. The van der Waals surface area contributed by atoms with Crippen LogP contribution in [0.4, 0.5) is 5.95 Å². The van der Waals surface area contributed by atoms with E-state index in [-0.39, 0.29) is 0 Å². The highest BCUT2D eigenvalue weighted by Gasteiger charge is 2.29. The van der Waals surface area contributed by atoms with Crippen molar-refractivity contribution < 1.29 is 0 Å². The van der Waals surface area contributed by atoms with Gasteiger partial charge in [0.1, 0.15) is 0 Å². The molecule has 0 amide bonds. The van der Waals surface area contributed by atoms with E-state index in [0.29, 0.717) is 6.04 Å². The van der Waals surface area contributed by atoms with Crippen LogP contribution in [0.2, 0.25) is 0 Å². The van der Waals surface area contributed by atoms with Crippen molar-refractivity contribution in [2.45, 2.75) is 50.7 Å². The van der Waals surface area contributed by atoms with E-state index in [9.17, 15) is 0 Å². The Hall–Kier alpha value is -1.20. The molecule has 1 N–H and O–H groups in total. The second kappa shape index (κ2) is 5.89. The Kier molecular flexibility index (Phi) is 3.78. The highest BCUT2D eigenvalue weighted by Crippen LogP contribution is 2.23. The summed E-state index contributed by atoms with van der Waals surface area (Å²) in [6, 6.07) is 1.45. The summed E-state index contributed by atoms with van der Waals surface area (Å²) in [5.41, 5.74) is 1.20. The van der Waals surface area contributed by atoms with Gasteiger partial charge in [-0.3, -0.25) is 4.90 Å². The summed E-state index contributed by atoms with van der Waals surface area (Å²) in [7, 11) is 0. The number of anilines is 1. The molecule has 1 aliphatic carbocycles. The molecule has 3 heterocycles. The molecule has 1 saturated carbocycles. The zero-order chi connectivity index (χ0) is 14.1. The summed E-state index contributed by atoms with van der Waals surface area (Å²) in [6.45, 7) is 5.61. The smallest absolute Gasteiger partial charge is 0.225 e. The molecule has 2 aliphatic heterocycles. The predicted molar refractivity (Wildman–Crippen MR) is 83.3 cm³/mol. The highest BCUT2D eigenvalue weighted by atomic mass is 15.3. The molecule has 5 heteroatoms. The summed E-state index contributed by atoms with van der Waals surface area (Å²) in [4.78, 5) is 14.3. The molecule has 114 valence electrons. The van der Waals surface area contributed by atoms with Gasteiger partial charge in [0.05, 0.1) is 0 Å². The van der Waals surface area contributed by atoms with E-state index in [1.54, 1.807) is 0 Å². The highest BCUT2D eigenvalue weighted by molar-refractivity contribution is 5.31. The molecule has 2 saturated heterocycles. The molecular weight excluding hydrogens is 262 g/mol. The number of aromatic nitrogens is 2. The quantitative estimate of drug-likeness (QED) is 0.907. The molecule has 0 aromatic carbocycles. The minimum absolute atomic E-state index is 0.715. The number of nitrogens with one attached hydrogen (secondary N) is 1. The molecule has 3 fully saturated rings. The number of hydrogen-bond donors (Lipinski definition) is 1. The van der Waals surface area contributed by atoms with Crippen LogP contribution < -0.4 is 10.2 Å². The fourth-order valence-electron chi connectivity index (χ4n) is 3.54. The van der Waals surface area contributed by atoms with Gasteiger partial charge in [0.25, 0.3) is 0 Å². The van der Waals surface area contributed by atoms with Gasteiger partial charge in [0.15, 0.2) is 0 Å². The normalized spacial score (nSPS) is 26.7. The van der Waals surface area contributed by atoms with Gasteiger partial charge in [-0.1, -0.05) is 0 Å². The van der Waals surface area contributed by atoms with Crippen molar-refractivity contribution in [3.63, 3.8) is 0 Å². The van der Waals surface area contributed by atoms with Crippen LogP contribution in [0, 0.1) is 0 Å². The molecule has 1 aromatic heterocycles. The van der Waals surface area contributed by atoms with Crippen LogP contribution in [0.3, 0.4) is 0 Å². The van der Waals surface area contributed by atoms with Crippen LogP contribution in [-0.2, 0) is 6.54 Å². The number of hydrogen-bond acceptors (Lipinski definition) is 5. The maximum Gasteiger partial charge on any atom is 0.225 e. The fraction of sp³-hybridized carbons (Fsp3) is 0.750. The van der Waals surface area contributed by atoms with Crippen LogP contribution in [-0.4, -0.2) is 53.1 Å². The summed E-state index contributed by atoms with van der Waals surface area (Å²) in [5, 5.41) is 3.51. The largest absolute Gasteiger partial charge is 0.339 e. The topological polar surface area (TPSA) is 44.3 Å². The summed E-state index contributed by atoms with van der Waals surface area (Å²) in [5.74, 6) is 0.916. The number of rotatable bonds is 4. The lowest BCUT2D eigenvalue weighted by Gasteiger charge is -2.25. The molecule has 5 nitrogen and oxygen atoms in total. The van der Waals surface area contributed by atoms with Crippen molar-refractivity contribution in [3.8, 4) is 0 Å². The van der Waals surface area contributed by atoms with Crippen LogP contribution in [0.15, 0.2) is 12.4 Å². The van der Waals surface area contributed by atoms with E-state index in [1.165, 1.54) is 50.8 Å². The van der Waals surface area contributed by atoms with Gasteiger partial charge >= 0.3 is 0 Å².